The Bertz CT molecular complexity index is 847. The second-order valence-electron chi connectivity index (χ2n) is 5.68. The van der Waals surface area contributed by atoms with Crippen molar-refractivity contribution in [2.75, 3.05) is 0 Å². The van der Waals surface area contributed by atoms with E-state index in [2.05, 4.69) is 32.3 Å². The second-order valence-corrected chi connectivity index (χ2v) is 5.68. The van der Waals surface area contributed by atoms with E-state index in [0.29, 0.717) is 17.3 Å². The molecule has 0 saturated carbocycles. The fraction of sp³-hybridized carbons (Fsp3) is 0.278. The van der Waals surface area contributed by atoms with Crippen molar-refractivity contribution in [3.05, 3.63) is 60.0 Å². The smallest absolute Gasteiger partial charge is 0.252 e. The van der Waals surface area contributed by atoms with Crippen LogP contribution in [0, 0.1) is 0 Å². The lowest BCUT2D eigenvalue weighted by Crippen LogP contribution is -2.27. The van der Waals surface area contributed by atoms with Gasteiger partial charge in [-0.1, -0.05) is 18.5 Å². The molecule has 0 aliphatic rings. The van der Waals surface area contributed by atoms with Gasteiger partial charge in [0.2, 0.25) is 11.7 Å². The van der Waals surface area contributed by atoms with Crippen LogP contribution in [0.4, 0.5) is 0 Å². The molecule has 25 heavy (non-hydrogen) atoms. The summed E-state index contributed by atoms with van der Waals surface area (Å²) in [7, 11) is 0. The average molecular weight is 337 g/mol. The summed E-state index contributed by atoms with van der Waals surface area (Å²) >= 11 is 0. The van der Waals surface area contributed by atoms with Crippen LogP contribution >= 0.6 is 0 Å². The number of amides is 1. The Morgan fingerprint density at radius 3 is 2.96 bits per heavy atom. The Morgan fingerprint density at radius 1 is 1.32 bits per heavy atom. The molecular formula is C18H19N5O2. The molecule has 128 valence electrons. The van der Waals surface area contributed by atoms with Gasteiger partial charge < -0.3 is 9.84 Å². The van der Waals surface area contributed by atoms with Crippen molar-refractivity contribution in [2.24, 2.45) is 0 Å². The lowest BCUT2D eigenvalue weighted by Gasteiger charge is -2.10. The Kier molecular flexibility index (Phi) is 5.13. The van der Waals surface area contributed by atoms with E-state index in [1.165, 1.54) is 0 Å². The number of hydrogen-bond donors (Lipinski definition) is 1. The number of nitrogens with one attached hydrogen (secondary N) is 1. The molecule has 3 aromatic heterocycles. The fourth-order valence-corrected chi connectivity index (χ4v) is 2.38. The van der Waals surface area contributed by atoms with Crippen LogP contribution in [0.5, 0.6) is 0 Å². The maximum absolute atomic E-state index is 12.4. The van der Waals surface area contributed by atoms with E-state index < -0.39 is 6.04 Å². The number of aryl methyl sites for hydroxylation is 1. The van der Waals surface area contributed by atoms with Crippen LogP contribution in [0.1, 0.15) is 48.3 Å². The molecule has 7 nitrogen and oxygen atoms in total. The summed E-state index contributed by atoms with van der Waals surface area (Å²) in [4.78, 5) is 25.0. The van der Waals surface area contributed by atoms with E-state index in [-0.39, 0.29) is 5.91 Å². The van der Waals surface area contributed by atoms with E-state index in [1.54, 1.807) is 43.7 Å². The van der Waals surface area contributed by atoms with E-state index in [0.717, 1.165) is 24.1 Å². The van der Waals surface area contributed by atoms with Crippen molar-refractivity contribution in [1.29, 1.82) is 0 Å². The topological polar surface area (TPSA) is 93.8 Å². The zero-order chi connectivity index (χ0) is 17.6. The molecular weight excluding hydrogens is 318 g/mol. The van der Waals surface area contributed by atoms with Crippen molar-refractivity contribution in [1.82, 2.24) is 25.4 Å². The first-order valence-electron chi connectivity index (χ1n) is 8.17. The SMILES string of the molecule is CCCc1cc(C(=O)N[C@@H](C)c2nc(-c3cccnc3)no2)ccn1. The van der Waals surface area contributed by atoms with Crippen LogP contribution in [0.15, 0.2) is 47.4 Å². The molecule has 1 amide bonds. The number of pyridine rings is 2. The molecule has 0 spiro atoms. The molecule has 7 heteroatoms. The standard InChI is InChI=1S/C18H19N5O2/c1-3-5-15-10-13(7-9-20-15)17(24)21-12(2)18-22-16(23-25-18)14-6-4-8-19-11-14/h4,6-12H,3,5H2,1-2H3,(H,21,24)/t12-/m0/s1. The Hall–Kier alpha value is -3.09. The van der Waals surface area contributed by atoms with Gasteiger partial charge in [-0.15, -0.1) is 0 Å². The summed E-state index contributed by atoms with van der Waals surface area (Å²) in [5.41, 5.74) is 2.23. The molecule has 1 N–H and O–H groups in total. The van der Waals surface area contributed by atoms with Crippen molar-refractivity contribution >= 4 is 5.91 Å². The quantitative estimate of drug-likeness (QED) is 0.743. The summed E-state index contributed by atoms with van der Waals surface area (Å²) in [6, 6.07) is 6.73. The number of nitrogens with zero attached hydrogens (tertiary/aromatic N) is 4. The monoisotopic (exact) mass is 337 g/mol. The molecule has 3 rings (SSSR count). The number of aromatic nitrogens is 4. The maximum atomic E-state index is 12.4. The molecule has 0 aliphatic carbocycles. The van der Waals surface area contributed by atoms with Gasteiger partial charge in [-0.25, -0.2) is 0 Å². The van der Waals surface area contributed by atoms with Crippen LogP contribution in [0.25, 0.3) is 11.4 Å². The number of hydrogen-bond acceptors (Lipinski definition) is 6. The minimum atomic E-state index is -0.409. The van der Waals surface area contributed by atoms with Crippen LogP contribution < -0.4 is 5.32 Å². The van der Waals surface area contributed by atoms with Crippen LogP contribution in [0.3, 0.4) is 0 Å². The maximum Gasteiger partial charge on any atom is 0.252 e. The molecule has 1 atom stereocenters. The van der Waals surface area contributed by atoms with E-state index >= 15 is 0 Å². The predicted molar refractivity (Wildman–Crippen MR) is 91.6 cm³/mol. The molecule has 0 radical (unpaired) electrons. The largest absolute Gasteiger partial charge is 0.341 e. The number of carbonyl (C=O) groups excluding carboxylic acids is 1. The number of rotatable bonds is 6. The van der Waals surface area contributed by atoms with Crippen LogP contribution in [-0.4, -0.2) is 26.0 Å². The lowest BCUT2D eigenvalue weighted by atomic mass is 10.1. The summed E-state index contributed by atoms with van der Waals surface area (Å²) in [6.07, 6.45) is 6.80. The summed E-state index contributed by atoms with van der Waals surface area (Å²) in [6.45, 7) is 3.87. The molecule has 3 heterocycles. The van der Waals surface area contributed by atoms with Gasteiger partial charge in [0.15, 0.2) is 0 Å². The van der Waals surface area contributed by atoms with Gasteiger partial charge in [0.25, 0.3) is 5.91 Å². The summed E-state index contributed by atoms with van der Waals surface area (Å²) in [5.74, 6) is 0.585. The normalized spacial score (nSPS) is 11.9. The van der Waals surface area contributed by atoms with Gasteiger partial charge in [0.1, 0.15) is 6.04 Å². The third-order valence-electron chi connectivity index (χ3n) is 3.66. The minimum Gasteiger partial charge on any atom is -0.341 e. The Morgan fingerprint density at radius 2 is 2.20 bits per heavy atom. The van der Waals surface area contributed by atoms with Crippen molar-refractivity contribution < 1.29 is 9.32 Å². The Labute approximate surface area is 145 Å². The first-order valence-corrected chi connectivity index (χ1v) is 8.17. The van der Waals surface area contributed by atoms with Crippen molar-refractivity contribution in [3.8, 4) is 11.4 Å². The van der Waals surface area contributed by atoms with Gasteiger partial charge in [0.05, 0.1) is 0 Å². The lowest BCUT2D eigenvalue weighted by molar-refractivity contribution is 0.0932. The minimum absolute atomic E-state index is 0.201. The second kappa shape index (κ2) is 7.65. The third kappa shape index (κ3) is 4.06. The molecule has 0 aliphatic heterocycles. The van der Waals surface area contributed by atoms with Gasteiger partial charge in [-0.2, -0.15) is 4.98 Å². The van der Waals surface area contributed by atoms with Gasteiger partial charge in [0, 0.05) is 35.4 Å². The molecule has 0 fully saturated rings. The van der Waals surface area contributed by atoms with Crippen LogP contribution in [0.2, 0.25) is 0 Å². The van der Waals surface area contributed by atoms with Crippen molar-refractivity contribution in [3.63, 3.8) is 0 Å². The highest BCUT2D eigenvalue weighted by Gasteiger charge is 2.18. The number of carbonyl (C=O) groups is 1. The van der Waals surface area contributed by atoms with Gasteiger partial charge in [-0.05, 0) is 37.6 Å². The highest BCUT2D eigenvalue weighted by molar-refractivity contribution is 5.94. The average Bonchev–Trinajstić information content (AvgIpc) is 3.13. The highest BCUT2D eigenvalue weighted by Crippen LogP contribution is 2.18. The molecule has 0 bridgehead atoms. The fourth-order valence-electron chi connectivity index (χ4n) is 2.38. The Balaban J connectivity index is 1.70. The molecule has 0 saturated heterocycles. The molecule has 0 unspecified atom stereocenters. The first kappa shape index (κ1) is 16.8. The molecule has 0 aromatic carbocycles. The summed E-state index contributed by atoms with van der Waals surface area (Å²) in [5, 5.41) is 6.81. The third-order valence-corrected chi connectivity index (χ3v) is 3.66. The molecule has 3 aromatic rings. The van der Waals surface area contributed by atoms with Crippen LogP contribution in [-0.2, 0) is 6.42 Å². The summed E-state index contributed by atoms with van der Waals surface area (Å²) < 4.78 is 5.26. The predicted octanol–water partition coefficient (Wildman–Crippen LogP) is 2.97. The van der Waals surface area contributed by atoms with Gasteiger partial charge >= 0.3 is 0 Å². The van der Waals surface area contributed by atoms with Crippen molar-refractivity contribution in [2.45, 2.75) is 32.7 Å². The first-order chi connectivity index (χ1) is 12.2. The van der Waals surface area contributed by atoms with E-state index in [1.807, 2.05) is 6.07 Å². The van der Waals surface area contributed by atoms with E-state index in [4.69, 9.17) is 4.52 Å². The highest BCUT2D eigenvalue weighted by atomic mass is 16.5. The zero-order valence-corrected chi connectivity index (χ0v) is 14.1. The van der Waals surface area contributed by atoms with Gasteiger partial charge in [-0.3, -0.25) is 14.8 Å². The van der Waals surface area contributed by atoms with E-state index in [9.17, 15) is 4.79 Å². The zero-order valence-electron chi connectivity index (χ0n) is 14.1.